The van der Waals surface area contributed by atoms with Crippen molar-refractivity contribution < 1.29 is 9.59 Å². The van der Waals surface area contributed by atoms with Crippen LogP contribution < -0.4 is 10.6 Å². The van der Waals surface area contributed by atoms with Crippen LogP contribution in [0.1, 0.15) is 45.6 Å². The van der Waals surface area contributed by atoms with Gasteiger partial charge in [0.25, 0.3) is 0 Å². The van der Waals surface area contributed by atoms with Crippen molar-refractivity contribution in [1.29, 1.82) is 0 Å². The molecule has 2 unspecified atom stereocenters. The third-order valence-electron chi connectivity index (χ3n) is 4.40. The summed E-state index contributed by atoms with van der Waals surface area (Å²) < 4.78 is 0. The Bertz CT molecular complexity index is 576. The Kier molecular flexibility index (Phi) is 5.64. The maximum absolute atomic E-state index is 12.6. The average Bonchev–Trinajstić information content (AvgIpc) is 2.47. The summed E-state index contributed by atoms with van der Waals surface area (Å²) in [6.07, 6.45) is 3.32. The molecule has 0 aromatic heterocycles. The average molecular weight is 317 g/mol. The number of anilines is 2. The number of benzene rings is 1. The molecule has 5 nitrogen and oxygen atoms in total. The smallest absolute Gasteiger partial charge is 0.242 e. The molecule has 1 aromatic carbocycles. The monoisotopic (exact) mass is 317 g/mol. The van der Waals surface area contributed by atoms with Crippen molar-refractivity contribution in [2.45, 2.75) is 59.0 Å². The van der Waals surface area contributed by atoms with Gasteiger partial charge in [-0.3, -0.25) is 9.59 Å². The van der Waals surface area contributed by atoms with Gasteiger partial charge >= 0.3 is 0 Å². The van der Waals surface area contributed by atoms with Crippen molar-refractivity contribution in [2.24, 2.45) is 0 Å². The summed E-state index contributed by atoms with van der Waals surface area (Å²) in [5, 5.41) is 5.99. The van der Waals surface area contributed by atoms with E-state index < -0.39 is 0 Å². The lowest BCUT2D eigenvalue weighted by Crippen LogP contribution is -2.49. The first-order valence-corrected chi connectivity index (χ1v) is 8.31. The van der Waals surface area contributed by atoms with Crippen LogP contribution in [0.25, 0.3) is 0 Å². The lowest BCUT2D eigenvalue weighted by molar-refractivity contribution is -0.135. The van der Waals surface area contributed by atoms with Gasteiger partial charge in [-0.1, -0.05) is 6.07 Å². The van der Waals surface area contributed by atoms with Crippen LogP contribution in [0.4, 0.5) is 11.4 Å². The number of amides is 2. The summed E-state index contributed by atoms with van der Waals surface area (Å²) in [7, 11) is 0. The van der Waals surface area contributed by atoms with Gasteiger partial charge in [-0.05, 0) is 57.7 Å². The Morgan fingerprint density at radius 2 is 1.83 bits per heavy atom. The van der Waals surface area contributed by atoms with Crippen LogP contribution in [0.15, 0.2) is 18.2 Å². The molecule has 1 aromatic rings. The second-order valence-electron chi connectivity index (χ2n) is 6.51. The van der Waals surface area contributed by atoms with Crippen LogP contribution in [0.2, 0.25) is 0 Å². The molecule has 0 radical (unpaired) electrons. The highest BCUT2D eigenvalue weighted by molar-refractivity contribution is 5.93. The molecule has 2 rings (SSSR count). The zero-order valence-corrected chi connectivity index (χ0v) is 14.5. The molecular weight excluding hydrogens is 290 g/mol. The number of rotatable bonds is 4. The van der Waals surface area contributed by atoms with Crippen LogP contribution in [-0.2, 0) is 9.59 Å². The minimum Gasteiger partial charge on any atom is -0.374 e. The number of hydrogen-bond donors (Lipinski definition) is 2. The third kappa shape index (κ3) is 4.47. The summed E-state index contributed by atoms with van der Waals surface area (Å²) in [5.41, 5.74) is 2.57. The van der Waals surface area contributed by atoms with Crippen LogP contribution in [0, 0.1) is 6.92 Å². The van der Waals surface area contributed by atoms with E-state index in [1.165, 1.54) is 13.3 Å². The number of hydrogen-bond acceptors (Lipinski definition) is 3. The normalized spacial score (nSPS) is 21.0. The maximum atomic E-state index is 12.6. The Labute approximate surface area is 138 Å². The molecule has 1 aliphatic rings. The molecule has 2 N–H and O–H groups in total. The Hall–Kier alpha value is -2.04. The van der Waals surface area contributed by atoms with Crippen molar-refractivity contribution in [3.05, 3.63) is 23.8 Å². The van der Waals surface area contributed by atoms with Gasteiger partial charge in [0.05, 0.1) is 17.9 Å². The van der Waals surface area contributed by atoms with E-state index in [-0.39, 0.29) is 18.4 Å². The van der Waals surface area contributed by atoms with E-state index in [1.807, 2.05) is 30.0 Å². The summed E-state index contributed by atoms with van der Waals surface area (Å²) in [5.74, 6) is -0.0125. The van der Waals surface area contributed by atoms with Gasteiger partial charge in [0.1, 0.15) is 0 Å². The largest absolute Gasteiger partial charge is 0.374 e. The zero-order valence-electron chi connectivity index (χ0n) is 14.5. The summed E-state index contributed by atoms with van der Waals surface area (Å²) >= 11 is 0. The standard InChI is InChI=1S/C18H27N3O2/c1-12-8-9-16(20-15(4)22)17(10-12)19-11-18(23)21-13(2)6-5-7-14(21)3/h8-10,13-14,19H,5-7,11H2,1-4H3,(H,20,22). The van der Waals surface area contributed by atoms with Gasteiger partial charge < -0.3 is 15.5 Å². The molecule has 1 fully saturated rings. The van der Waals surface area contributed by atoms with E-state index in [9.17, 15) is 9.59 Å². The number of carbonyl (C=O) groups excluding carboxylic acids is 2. The van der Waals surface area contributed by atoms with Gasteiger partial charge in [-0.2, -0.15) is 0 Å². The number of likely N-dealkylation sites (tertiary alicyclic amines) is 1. The molecule has 23 heavy (non-hydrogen) atoms. The molecular formula is C18H27N3O2. The van der Waals surface area contributed by atoms with E-state index in [2.05, 4.69) is 24.5 Å². The number of piperidine rings is 1. The third-order valence-corrected chi connectivity index (χ3v) is 4.40. The van der Waals surface area contributed by atoms with Crippen LogP contribution in [0.3, 0.4) is 0 Å². The minimum atomic E-state index is -0.124. The SMILES string of the molecule is CC(=O)Nc1ccc(C)cc1NCC(=O)N1C(C)CCCC1C. The number of aryl methyl sites for hydroxylation is 1. The fraction of sp³-hybridized carbons (Fsp3) is 0.556. The van der Waals surface area contributed by atoms with Crippen molar-refractivity contribution in [2.75, 3.05) is 17.2 Å². The first kappa shape index (κ1) is 17.3. The van der Waals surface area contributed by atoms with Crippen LogP contribution >= 0.6 is 0 Å². The van der Waals surface area contributed by atoms with E-state index in [4.69, 9.17) is 0 Å². The Morgan fingerprint density at radius 3 is 2.43 bits per heavy atom. The van der Waals surface area contributed by atoms with Crippen LogP contribution in [-0.4, -0.2) is 35.3 Å². The highest BCUT2D eigenvalue weighted by Gasteiger charge is 2.28. The Balaban J connectivity index is 2.06. The topological polar surface area (TPSA) is 61.4 Å². The molecule has 0 bridgehead atoms. The van der Waals surface area contributed by atoms with E-state index in [0.29, 0.717) is 17.8 Å². The van der Waals surface area contributed by atoms with E-state index in [0.717, 1.165) is 24.1 Å². The van der Waals surface area contributed by atoms with Gasteiger partial charge in [0, 0.05) is 19.0 Å². The molecule has 126 valence electrons. The molecule has 5 heteroatoms. The summed E-state index contributed by atoms with van der Waals surface area (Å²) in [4.78, 5) is 25.9. The van der Waals surface area contributed by atoms with Gasteiger partial charge in [-0.25, -0.2) is 0 Å². The van der Waals surface area contributed by atoms with E-state index in [1.54, 1.807) is 0 Å². The lowest BCUT2D eigenvalue weighted by atomic mass is 9.97. The quantitative estimate of drug-likeness (QED) is 0.897. The van der Waals surface area contributed by atoms with Gasteiger partial charge in [0.15, 0.2) is 0 Å². The number of nitrogens with zero attached hydrogens (tertiary/aromatic N) is 1. The van der Waals surface area contributed by atoms with Crippen molar-refractivity contribution in [1.82, 2.24) is 4.90 Å². The van der Waals surface area contributed by atoms with Gasteiger partial charge in [-0.15, -0.1) is 0 Å². The minimum absolute atomic E-state index is 0.111. The van der Waals surface area contributed by atoms with Crippen molar-refractivity contribution >= 4 is 23.2 Å². The molecule has 0 saturated carbocycles. The van der Waals surface area contributed by atoms with Crippen molar-refractivity contribution in [3.8, 4) is 0 Å². The Morgan fingerprint density at radius 1 is 1.17 bits per heavy atom. The first-order chi connectivity index (χ1) is 10.9. The summed E-state index contributed by atoms with van der Waals surface area (Å²) in [6, 6.07) is 6.32. The molecule has 0 spiro atoms. The highest BCUT2D eigenvalue weighted by atomic mass is 16.2. The zero-order chi connectivity index (χ0) is 17.0. The first-order valence-electron chi connectivity index (χ1n) is 8.31. The van der Waals surface area contributed by atoms with Crippen molar-refractivity contribution in [3.63, 3.8) is 0 Å². The fourth-order valence-electron chi connectivity index (χ4n) is 3.28. The molecule has 1 saturated heterocycles. The molecule has 2 amide bonds. The second-order valence-corrected chi connectivity index (χ2v) is 6.51. The van der Waals surface area contributed by atoms with E-state index >= 15 is 0 Å². The second kappa shape index (κ2) is 7.49. The number of carbonyl (C=O) groups is 2. The maximum Gasteiger partial charge on any atom is 0.242 e. The molecule has 1 heterocycles. The number of nitrogens with one attached hydrogen (secondary N) is 2. The van der Waals surface area contributed by atoms with Gasteiger partial charge in [0.2, 0.25) is 11.8 Å². The molecule has 2 atom stereocenters. The molecule has 0 aliphatic carbocycles. The molecule has 1 aliphatic heterocycles. The summed E-state index contributed by atoms with van der Waals surface area (Å²) in [6.45, 7) is 7.93. The lowest BCUT2D eigenvalue weighted by Gasteiger charge is -2.39. The highest BCUT2D eigenvalue weighted by Crippen LogP contribution is 2.25. The van der Waals surface area contributed by atoms with Crippen LogP contribution in [0.5, 0.6) is 0 Å². The predicted molar refractivity (Wildman–Crippen MR) is 93.6 cm³/mol. The fourth-order valence-corrected chi connectivity index (χ4v) is 3.28. The predicted octanol–water partition coefficient (Wildman–Crippen LogP) is 3.15.